The fourth-order valence-corrected chi connectivity index (χ4v) is 2.33. The number of pyridine rings is 1. The lowest BCUT2D eigenvalue weighted by Gasteiger charge is -2.18. The summed E-state index contributed by atoms with van der Waals surface area (Å²) in [6, 6.07) is 8.47. The van der Waals surface area contributed by atoms with Gasteiger partial charge in [0.15, 0.2) is 0 Å². The molecule has 0 saturated heterocycles. The van der Waals surface area contributed by atoms with E-state index in [1.165, 1.54) is 6.07 Å². The zero-order valence-electron chi connectivity index (χ0n) is 13.1. The van der Waals surface area contributed by atoms with E-state index >= 15 is 0 Å². The molecule has 2 rings (SSSR count). The summed E-state index contributed by atoms with van der Waals surface area (Å²) >= 11 is 11.8. The van der Waals surface area contributed by atoms with Crippen LogP contribution in [0.15, 0.2) is 36.5 Å². The fourth-order valence-electron chi connectivity index (χ4n) is 2.04. The third kappa shape index (κ3) is 4.85. The second-order valence-corrected chi connectivity index (χ2v) is 6.07. The summed E-state index contributed by atoms with van der Waals surface area (Å²) in [4.78, 5) is 18.6. The van der Waals surface area contributed by atoms with Gasteiger partial charge in [0.2, 0.25) is 0 Å². The molecule has 0 radical (unpaired) electrons. The molecule has 122 valence electrons. The van der Waals surface area contributed by atoms with Crippen LogP contribution < -0.4 is 10.2 Å². The number of halogens is 2. The van der Waals surface area contributed by atoms with Crippen LogP contribution in [0.4, 0.5) is 11.5 Å². The maximum Gasteiger partial charge on any atom is 0.256 e. The highest BCUT2D eigenvalue weighted by atomic mass is 35.5. The second-order valence-electron chi connectivity index (χ2n) is 5.26. The van der Waals surface area contributed by atoms with Gasteiger partial charge in [-0.05, 0) is 36.8 Å². The predicted octanol–water partition coefficient (Wildman–Crippen LogP) is 4.88. The number of hydrogen-bond acceptors (Lipinski definition) is 3. The highest BCUT2D eigenvalue weighted by molar-refractivity contribution is 6.42. The minimum absolute atomic E-state index is 0.275. The molecule has 2 aromatic rings. The van der Waals surface area contributed by atoms with Crippen LogP contribution in [0.2, 0.25) is 10.0 Å². The van der Waals surface area contributed by atoms with Crippen molar-refractivity contribution in [3.8, 4) is 0 Å². The largest absolute Gasteiger partial charge is 0.373 e. The van der Waals surface area contributed by atoms with Crippen LogP contribution in [-0.4, -0.2) is 24.5 Å². The maximum atomic E-state index is 12.2. The molecule has 6 heteroatoms. The molecule has 23 heavy (non-hydrogen) atoms. The van der Waals surface area contributed by atoms with Gasteiger partial charge < -0.3 is 10.2 Å². The molecule has 0 aliphatic heterocycles. The van der Waals surface area contributed by atoms with Crippen LogP contribution in [0, 0.1) is 0 Å². The Balaban J connectivity index is 2.02. The number of aromatic nitrogens is 1. The Morgan fingerprint density at radius 2 is 2.00 bits per heavy atom. The quantitative estimate of drug-likeness (QED) is 0.806. The van der Waals surface area contributed by atoms with Gasteiger partial charge in [0.25, 0.3) is 5.91 Å². The van der Waals surface area contributed by atoms with E-state index in [4.69, 9.17) is 23.2 Å². The Hall–Kier alpha value is -1.78. The monoisotopic (exact) mass is 351 g/mol. The summed E-state index contributed by atoms with van der Waals surface area (Å²) in [7, 11) is 2.03. The highest BCUT2D eigenvalue weighted by Gasteiger charge is 2.09. The van der Waals surface area contributed by atoms with Gasteiger partial charge in [0.1, 0.15) is 5.82 Å². The molecule has 0 bridgehead atoms. The predicted molar refractivity (Wildman–Crippen MR) is 96.8 cm³/mol. The van der Waals surface area contributed by atoms with Gasteiger partial charge in [-0.25, -0.2) is 4.98 Å². The van der Waals surface area contributed by atoms with Crippen molar-refractivity contribution in [2.75, 3.05) is 23.8 Å². The van der Waals surface area contributed by atoms with Gasteiger partial charge in [-0.2, -0.15) is 0 Å². The third-order valence-electron chi connectivity index (χ3n) is 3.46. The van der Waals surface area contributed by atoms with Crippen LogP contribution in [0.1, 0.15) is 30.1 Å². The van der Waals surface area contributed by atoms with Gasteiger partial charge in [0, 0.05) is 19.2 Å². The van der Waals surface area contributed by atoms with Gasteiger partial charge in [-0.15, -0.1) is 0 Å². The van der Waals surface area contributed by atoms with Gasteiger partial charge in [-0.1, -0.05) is 36.5 Å². The minimum Gasteiger partial charge on any atom is -0.373 e. The van der Waals surface area contributed by atoms with E-state index in [1.807, 2.05) is 13.1 Å². The lowest BCUT2D eigenvalue weighted by Crippen LogP contribution is -2.19. The molecular weight excluding hydrogens is 333 g/mol. The third-order valence-corrected chi connectivity index (χ3v) is 4.20. The minimum atomic E-state index is -0.275. The zero-order chi connectivity index (χ0) is 16.8. The molecule has 0 saturated carbocycles. The summed E-state index contributed by atoms with van der Waals surface area (Å²) in [6.45, 7) is 3.14. The molecule has 0 fully saturated rings. The van der Waals surface area contributed by atoms with Crippen molar-refractivity contribution in [3.05, 3.63) is 52.1 Å². The van der Waals surface area contributed by atoms with Crippen molar-refractivity contribution in [2.45, 2.75) is 19.8 Å². The Kier molecular flexibility index (Phi) is 6.25. The van der Waals surface area contributed by atoms with E-state index < -0.39 is 0 Å². The fraction of sp³-hybridized carbons (Fsp3) is 0.294. The van der Waals surface area contributed by atoms with E-state index in [1.54, 1.807) is 24.4 Å². The SMILES string of the molecule is CCCCN(C)c1ccc(NC(=O)c2ccc(Cl)c(Cl)c2)nc1. The first-order chi connectivity index (χ1) is 11.0. The van der Waals surface area contributed by atoms with Crippen molar-refractivity contribution >= 4 is 40.6 Å². The van der Waals surface area contributed by atoms with E-state index in [0.29, 0.717) is 21.4 Å². The number of rotatable bonds is 6. The second kappa shape index (κ2) is 8.18. The summed E-state index contributed by atoms with van der Waals surface area (Å²) in [6.07, 6.45) is 4.03. The number of benzene rings is 1. The lowest BCUT2D eigenvalue weighted by atomic mass is 10.2. The van der Waals surface area contributed by atoms with Crippen molar-refractivity contribution in [2.24, 2.45) is 0 Å². The summed E-state index contributed by atoms with van der Waals surface area (Å²) < 4.78 is 0. The summed E-state index contributed by atoms with van der Waals surface area (Å²) in [5.41, 5.74) is 1.45. The molecule has 1 heterocycles. The van der Waals surface area contributed by atoms with Gasteiger partial charge in [0.05, 0.1) is 21.9 Å². The first-order valence-corrected chi connectivity index (χ1v) is 8.20. The first-order valence-electron chi connectivity index (χ1n) is 7.45. The topological polar surface area (TPSA) is 45.2 Å². The average Bonchev–Trinajstić information content (AvgIpc) is 2.55. The smallest absolute Gasteiger partial charge is 0.256 e. The van der Waals surface area contributed by atoms with E-state index in [-0.39, 0.29) is 5.91 Å². The van der Waals surface area contributed by atoms with E-state index in [2.05, 4.69) is 22.1 Å². The number of carbonyl (C=O) groups excluding carboxylic acids is 1. The zero-order valence-corrected chi connectivity index (χ0v) is 14.7. The molecule has 0 aliphatic carbocycles. The number of amides is 1. The van der Waals surface area contributed by atoms with Gasteiger partial charge >= 0.3 is 0 Å². The van der Waals surface area contributed by atoms with Gasteiger partial charge in [-0.3, -0.25) is 4.79 Å². The number of anilines is 2. The highest BCUT2D eigenvalue weighted by Crippen LogP contribution is 2.23. The Morgan fingerprint density at radius 3 is 2.61 bits per heavy atom. The molecule has 1 N–H and O–H groups in total. The molecule has 1 aromatic heterocycles. The van der Waals surface area contributed by atoms with E-state index in [9.17, 15) is 4.79 Å². The summed E-state index contributed by atoms with van der Waals surface area (Å²) in [5, 5.41) is 3.51. The van der Waals surface area contributed by atoms with Crippen molar-refractivity contribution in [1.82, 2.24) is 4.98 Å². The van der Waals surface area contributed by atoms with Crippen molar-refractivity contribution in [1.29, 1.82) is 0 Å². The Bertz CT molecular complexity index is 674. The number of unbranched alkanes of at least 4 members (excludes halogenated alkanes) is 1. The standard InChI is InChI=1S/C17H19Cl2N3O/c1-3-4-9-22(2)13-6-8-16(20-11-13)21-17(23)12-5-7-14(18)15(19)10-12/h5-8,10-11H,3-4,9H2,1-2H3,(H,20,21,23). The van der Waals surface area contributed by atoms with Crippen LogP contribution >= 0.6 is 23.2 Å². The molecule has 1 aromatic carbocycles. The van der Waals surface area contributed by atoms with Crippen molar-refractivity contribution in [3.63, 3.8) is 0 Å². The number of nitrogens with zero attached hydrogens (tertiary/aromatic N) is 2. The Morgan fingerprint density at radius 1 is 1.22 bits per heavy atom. The first kappa shape index (κ1) is 17.6. The molecule has 0 atom stereocenters. The van der Waals surface area contributed by atoms with Crippen LogP contribution in [0.5, 0.6) is 0 Å². The van der Waals surface area contributed by atoms with Crippen LogP contribution in [0.3, 0.4) is 0 Å². The lowest BCUT2D eigenvalue weighted by molar-refractivity contribution is 0.102. The number of carbonyl (C=O) groups is 1. The number of nitrogens with one attached hydrogen (secondary N) is 1. The van der Waals surface area contributed by atoms with Crippen molar-refractivity contribution < 1.29 is 4.79 Å². The molecular formula is C17H19Cl2N3O. The summed E-state index contributed by atoms with van der Waals surface area (Å²) in [5.74, 6) is 0.219. The number of hydrogen-bond donors (Lipinski definition) is 1. The molecule has 1 amide bonds. The normalized spacial score (nSPS) is 10.4. The van der Waals surface area contributed by atoms with Crippen LogP contribution in [-0.2, 0) is 0 Å². The Labute approximate surface area is 146 Å². The van der Waals surface area contributed by atoms with Crippen LogP contribution in [0.25, 0.3) is 0 Å². The maximum absolute atomic E-state index is 12.2. The molecule has 0 unspecified atom stereocenters. The molecule has 4 nitrogen and oxygen atoms in total. The van der Waals surface area contributed by atoms with E-state index in [0.717, 1.165) is 25.1 Å². The average molecular weight is 352 g/mol. The molecule has 0 spiro atoms. The molecule has 0 aliphatic rings.